The molecule has 1 saturated carbocycles. The van der Waals surface area contributed by atoms with E-state index in [1.807, 2.05) is 36.4 Å². The third-order valence-electron chi connectivity index (χ3n) is 3.82. The maximum Gasteiger partial charge on any atom is 0.329 e. The van der Waals surface area contributed by atoms with Crippen LogP contribution in [-0.2, 0) is 4.79 Å². The number of aromatic nitrogens is 1. The molecule has 1 aromatic heterocycles. The summed E-state index contributed by atoms with van der Waals surface area (Å²) in [6, 6.07) is 11.6. The van der Waals surface area contributed by atoms with Crippen LogP contribution in [-0.4, -0.2) is 21.6 Å². The molecule has 0 saturated heterocycles. The first kappa shape index (κ1) is 12.0. The van der Waals surface area contributed by atoms with Crippen molar-refractivity contribution in [3.63, 3.8) is 0 Å². The molecule has 1 atom stereocenters. The summed E-state index contributed by atoms with van der Waals surface area (Å²) in [7, 11) is 0. The van der Waals surface area contributed by atoms with Gasteiger partial charge in [-0.05, 0) is 43.9 Å². The molecule has 4 heteroatoms. The van der Waals surface area contributed by atoms with Crippen LogP contribution in [0.3, 0.4) is 0 Å². The predicted octanol–water partition coefficient (Wildman–Crippen LogP) is 2.90. The van der Waals surface area contributed by atoms with Crippen LogP contribution in [0.2, 0.25) is 0 Å². The second-order valence-electron chi connectivity index (χ2n) is 5.30. The van der Waals surface area contributed by atoms with E-state index in [4.69, 9.17) is 0 Å². The number of anilines is 1. The summed E-state index contributed by atoms with van der Waals surface area (Å²) in [5.41, 5.74) is -0.0498. The lowest BCUT2D eigenvalue weighted by atomic mass is 9.96. The van der Waals surface area contributed by atoms with Gasteiger partial charge in [-0.2, -0.15) is 0 Å². The number of aliphatic carboxylic acids is 1. The number of nitrogens with zero attached hydrogens (tertiary/aromatic N) is 1. The summed E-state index contributed by atoms with van der Waals surface area (Å²) in [6.45, 7) is 1.74. The maximum absolute atomic E-state index is 11.5. The van der Waals surface area contributed by atoms with Crippen LogP contribution in [0.15, 0.2) is 36.4 Å². The first-order valence-corrected chi connectivity index (χ1v) is 6.47. The van der Waals surface area contributed by atoms with Crippen LogP contribution in [0, 0.1) is 5.92 Å². The van der Waals surface area contributed by atoms with Gasteiger partial charge in [0.25, 0.3) is 0 Å². The normalized spacial score (nSPS) is 17.9. The standard InChI is InChI=1S/C15H16N2O2/c1-15(14(18)19,11-7-8-11)17-13-9-6-10-4-2-3-5-12(10)16-13/h2-6,9,11H,7-8H2,1H3,(H,16,17)(H,18,19). The number of hydrogen-bond donors (Lipinski definition) is 2. The predicted molar refractivity (Wildman–Crippen MR) is 74.1 cm³/mol. The van der Waals surface area contributed by atoms with E-state index in [-0.39, 0.29) is 5.92 Å². The minimum Gasteiger partial charge on any atom is -0.480 e. The summed E-state index contributed by atoms with van der Waals surface area (Å²) in [5, 5.41) is 13.6. The van der Waals surface area contributed by atoms with E-state index in [9.17, 15) is 9.90 Å². The Kier molecular flexibility index (Phi) is 2.66. The van der Waals surface area contributed by atoms with E-state index in [1.54, 1.807) is 6.92 Å². The first-order valence-electron chi connectivity index (χ1n) is 6.47. The quantitative estimate of drug-likeness (QED) is 0.883. The number of rotatable bonds is 4. The Hall–Kier alpha value is -2.10. The molecular weight excluding hydrogens is 240 g/mol. The number of hydrogen-bond acceptors (Lipinski definition) is 3. The number of carboxylic acids is 1. The van der Waals surface area contributed by atoms with Crippen molar-refractivity contribution in [3.05, 3.63) is 36.4 Å². The highest BCUT2D eigenvalue weighted by Crippen LogP contribution is 2.41. The van der Waals surface area contributed by atoms with Crippen LogP contribution >= 0.6 is 0 Å². The molecule has 0 amide bonds. The zero-order chi connectivity index (χ0) is 13.5. The smallest absolute Gasteiger partial charge is 0.329 e. The Morgan fingerprint density at radius 2 is 2.05 bits per heavy atom. The average Bonchev–Trinajstić information content (AvgIpc) is 3.23. The van der Waals surface area contributed by atoms with Crippen molar-refractivity contribution >= 4 is 22.7 Å². The molecule has 1 aliphatic carbocycles. The molecule has 1 aromatic carbocycles. The Bertz CT molecular complexity index is 637. The van der Waals surface area contributed by atoms with Gasteiger partial charge in [-0.1, -0.05) is 18.2 Å². The van der Waals surface area contributed by atoms with Gasteiger partial charge in [0.2, 0.25) is 0 Å². The zero-order valence-corrected chi connectivity index (χ0v) is 10.8. The number of carboxylic acid groups (broad SMARTS) is 1. The molecule has 0 bridgehead atoms. The van der Waals surface area contributed by atoms with Crippen LogP contribution in [0.25, 0.3) is 10.9 Å². The van der Waals surface area contributed by atoms with Crippen molar-refractivity contribution in [1.29, 1.82) is 0 Å². The number of fused-ring (bicyclic) bond motifs is 1. The maximum atomic E-state index is 11.5. The number of nitrogens with one attached hydrogen (secondary N) is 1. The Morgan fingerprint density at radius 1 is 1.32 bits per heavy atom. The molecule has 19 heavy (non-hydrogen) atoms. The first-order chi connectivity index (χ1) is 9.09. The second-order valence-corrected chi connectivity index (χ2v) is 5.30. The number of benzene rings is 1. The molecule has 0 aliphatic heterocycles. The van der Waals surface area contributed by atoms with Gasteiger partial charge in [-0.3, -0.25) is 0 Å². The summed E-state index contributed by atoms with van der Waals surface area (Å²) in [5.74, 6) is -0.00118. The van der Waals surface area contributed by atoms with Crippen molar-refractivity contribution in [1.82, 2.24) is 4.98 Å². The van der Waals surface area contributed by atoms with Crippen LogP contribution in [0.1, 0.15) is 19.8 Å². The van der Waals surface area contributed by atoms with E-state index in [1.165, 1.54) is 0 Å². The molecule has 1 aliphatic rings. The van der Waals surface area contributed by atoms with Crippen molar-refractivity contribution < 1.29 is 9.90 Å². The van der Waals surface area contributed by atoms with Gasteiger partial charge in [-0.25, -0.2) is 9.78 Å². The van der Waals surface area contributed by atoms with Gasteiger partial charge < -0.3 is 10.4 Å². The van der Waals surface area contributed by atoms with Crippen LogP contribution in [0.5, 0.6) is 0 Å². The van der Waals surface area contributed by atoms with E-state index in [2.05, 4.69) is 10.3 Å². The van der Waals surface area contributed by atoms with E-state index < -0.39 is 11.5 Å². The lowest BCUT2D eigenvalue weighted by Gasteiger charge is -2.26. The van der Waals surface area contributed by atoms with E-state index in [0.29, 0.717) is 5.82 Å². The van der Waals surface area contributed by atoms with Gasteiger partial charge in [0.05, 0.1) is 5.52 Å². The monoisotopic (exact) mass is 256 g/mol. The van der Waals surface area contributed by atoms with Crippen LogP contribution in [0.4, 0.5) is 5.82 Å². The number of carbonyl (C=O) groups is 1. The van der Waals surface area contributed by atoms with E-state index in [0.717, 1.165) is 23.7 Å². The molecule has 0 radical (unpaired) electrons. The van der Waals surface area contributed by atoms with Crippen LogP contribution < -0.4 is 5.32 Å². The molecule has 4 nitrogen and oxygen atoms in total. The molecule has 0 spiro atoms. The van der Waals surface area contributed by atoms with Gasteiger partial charge >= 0.3 is 5.97 Å². The molecule has 98 valence electrons. The van der Waals surface area contributed by atoms with Gasteiger partial charge in [0, 0.05) is 5.39 Å². The minimum atomic E-state index is -0.921. The third kappa shape index (κ3) is 2.14. The van der Waals surface area contributed by atoms with Crippen molar-refractivity contribution in [3.8, 4) is 0 Å². The highest BCUT2D eigenvalue weighted by Gasteiger charge is 2.47. The Labute approximate surface area is 111 Å². The lowest BCUT2D eigenvalue weighted by molar-refractivity contribution is -0.142. The summed E-state index contributed by atoms with van der Waals surface area (Å²) in [6.07, 6.45) is 1.92. The number of para-hydroxylation sites is 1. The molecule has 3 rings (SSSR count). The topological polar surface area (TPSA) is 62.2 Å². The fraction of sp³-hybridized carbons (Fsp3) is 0.333. The van der Waals surface area contributed by atoms with Gasteiger partial charge in [-0.15, -0.1) is 0 Å². The third-order valence-corrected chi connectivity index (χ3v) is 3.82. The summed E-state index contributed by atoms with van der Waals surface area (Å²) >= 11 is 0. The molecule has 2 aromatic rings. The Balaban J connectivity index is 1.93. The fourth-order valence-electron chi connectivity index (χ4n) is 2.39. The highest BCUT2D eigenvalue weighted by molar-refractivity contribution is 5.84. The largest absolute Gasteiger partial charge is 0.480 e. The van der Waals surface area contributed by atoms with Crippen molar-refractivity contribution in [2.24, 2.45) is 5.92 Å². The van der Waals surface area contributed by atoms with Gasteiger partial charge in [0.15, 0.2) is 0 Å². The SMILES string of the molecule is CC(Nc1ccc2ccccc2n1)(C(=O)O)C1CC1. The molecule has 1 heterocycles. The van der Waals surface area contributed by atoms with Crippen molar-refractivity contribution in [2.45, 2.75) is 25.3 Å². The van der Waals surface area contributed by atoms with Crippen molar-refractivity contribution in [2.75, 3.05) is 5.32 Å². The molecular formula is C15H16N2O2. The molecule has 2 N–H and O–H groups in total. The minimum absolute atomic E-state index is 0.193. The average molecular weight is 256 g/mol. The molecule has 1 fully saturated rings. The second kappa shape index (κ2) is 4.23. The zero-order valence-electron chi connectivity index (χ0n) is 10.8. The lowest BCUT2D eigenvalue weighted by Crippen LogP contribution is -2.45. The summed E-state index contributed by atoms with van der Waals surface area (Å²) in [4.78, 5) is 16.0. The van der Waals surface area contributed by atoms with E-state index >= 15 is 0 Å². The number of pyridine rings is 1. The summed E-state index contributed by atoms with van der Waals surface area (Å²) < 4.78 is 0. The van der Waals surface area contributed by atoms with Gasteiger partial charge in [0.1, 0.15) is 11.4 Å². The Morgan fingerprint density at radius 3 is 2.74 bits per heavy atom. The fourth-order valence-corrected chi connectivity index (χ4v) is 2.39. The highest BCUT2D eigenvalue weighted by atomic mass is 16.4. The molecule has 1 unspecified atom stereocenters.